The number of fused-ring (bicyclic) bond motifs is 10. The largest absolute Gasteiger partial charge is 0.490 e. The molecule has 20 nitrogen and oxygen atoms in total. The van der Waals surface area contributed by atoms with E-state index < -0.39 is 53.6 Å². The molecule has 8 aliphatic heterocycles. The Labute approximate surface area is 694 Å². The summed E-state index contributed by atoms with van der Waals surface area (Å²) in [5, 5.41) is -0.110. The summed E-state index contributed by atoms with van der Waals surface area (Å²) in [6.07, 6.45) is 28.6. The second-order valence-electron chi connectivity index (χ2n) is 36.3. The van der Waals surface area contributed by atoms with E-state index in [1.54, 1.807) is 12.1 Å². The number of allylic oxidation sites excluding steroid dienone is 2. The molecule has 25 heteroatoms. The van der Waals surface area contributed by atoms with Crippen LogP contribution in [-0.4, -0.2) is 239 Å². The topological polar surface area (TPSA) is 195 Å². The molecule has 12 aliphatic rings. The molecule has 14 atom stereocenters. The molecule has 2 N–H and O–H groups in total. The highest BCUT2D eigenvalue weighted by atomic mass is 35.5. The Balaban J connectivity index is 0.000000180. The van der Waals surface area contributed by atoms with Crippen LogP contribution < -0.4 is 28.7 Å². The van der Waals surface area contributed by atoms with Gasteiger partial charge in [-0.15, -0.1) is 0 Å². The molecular weight excluding hydrogens is 1540 g/mol. The Morgan fingerprint density at radius 3 is 1.46 bits per heavy atom. The number of rotatable bonds is 13. The molecule has 2 spiro atoms. The summed E-state index contributed by atoms with van der Waals surface area (Å²) < 4.78 is 94.4. The van der Waals surface area contributed by atoms with Crippen LogP contribution in [0.25, 0.3) is 0 Å². The van der Waals surface area contributed by atoms with E-state index in [1.807, 2.05) is 83.5 Å². The number of carbonyl (C=O) groups is 2. The highest BCUT2D eigenvalue weighted by molar-refractivity contribution is 7.91. The van der Waals surface area contributed by atoms with Crippen molar-refractivity contribution in [2.45, 2.75) is 187 Å². The monoisotopic (exact) mass is 1660 g/mol. The number of thiol groups is 1. The maximum absolute atomic E-state index is 14.2. The third-order valence-corrected chi connectivity index (χ3v) is 33.6. The minimum atomic E-state index is -4.09. The van der Waals surface area contributed by atoms with Crippen LogP contribution in [0, 0.1) is 35.5 Å². The van der Waals surface area contributed by atoms with Crippen molar-refractivity contribution >= 4 is 79.1 Å². The van der Waals surface area contributed by atoms with Crippen molar-refractivity contribution in [3.8, 4) is 11.5 Å². The van der Waals surface area contributed by atoms with Gasteiger partial charge in [-0.05, 0) is 268 Å². The van der Waals surface area contributed by atoms with Crippen LogP contribution in [0.3, 0.4) is 0 Å². The van der Waals surface area contributed by atoms with Crippen molar-refractivity contribution in [1.82, 2.24) is 33.9 Å². The quantitative estimate of drug-likeness (QED) is 0.0494. The molecular formula is C89H125Cl2N9O11S3. The van der Waals surface area contributed by atoms with Gasteiger partial charge in [0.25, 0.3) is 11.8 Å². The predicted octanol–water partition coefficient (Wildman–Crippen LogP) is 13.1. The van der Waals surface area contributed by atoms with Crippen molar-refractivity contribution in [3.05, 3.63) is 141 Å². The normalized spacial score (nSPS) is 33.8. The van der Waals surface area contributed by atoms with E-state index in [0.717, 1.165) is 163 Å². The maximum Gasteiger partial charge on any atom is 0.264 e. The summed E-state index contributed by atoms with van der Waals surface area (Å²) >= 11 is 17.3. The summed E-state index contributed by atoms with van der Waals surface area (Å²) in [4.78, 5) is 45.5. The number of halogens is 2. The predicted molar refractivity (Wildman–Crippen MR) is 457 cm³/mol. The van der Waals surface area contributed by atoms with Crippen molar-refractivity contribution < 1.29 is 50.1 Å². The Morgan fingerprint density at radius 2 is 1.03 bits per heavy atom. The molecule has 4 bridgehead atoms. The molecule has 6 fully saturated rings. The van der Waals surface area contributed by atoms with Crippen LogP contribution in [0.5, 0.6) is 11.5 Å². The lowest BCUT2D eigenvalue weighted by Crippen LogP contribution is -2.61. The summed E-state index contributed by atoms with van der Waals surface area (Å²) in [6, 6.07) is 24.6. The van der Waals surface area contributed by atoms with Gasteiger partial charge in [-0.25, -0.2) is 26.3 Å². The second kappa shape index (κ2) is 35.7. The molecule has 8 heterocycles. The number of nitrogens with zero attached hydrogens (tertiary/aromatic N) is 7. The molecule has 16 rings (SSSR count). The summed E-state index contributed by atoms with van der Waals surface area (Å²) in [5.41, 5.74) is 5.80. The first-order chi connectivity index (χ1) is 54.9. The number of hydrogen-bond acceptors (Lipinski definition) is 19. The van der Waals surface area contributed by atoms with E-state index in [9.17, 15) is 26.4 Å². The number of methoxy groups -OCH3 is 2. The standard InChI is InChI=1S/C45H64ClN5O5S.C44H61ClN4O6S2/c1-32-9-7-20-45(55-4,30-49-23-24-50-21-6-5-11-37(50)28-49)39-15-12-35(39)27-51-29-44(19-8-10-33-25-36(46)14-16-38(33)44)31-56-41-17-13-34(26-40(41)51)43(52)47-57(53,54)42(32)18-22-48(2)3;1-31-7-5-18-44(53-2,28-47-20-21-48-19-4-3-9-36(48)26-47)38-13-10-34(38)25-49-27-43(17-6-8-32-23-35(45)12-14-37(32)43)29-55-40-15-11-33(24-39(40)49)42(50)46-57(51,52)41(31)16-22-54-30-56/h7,13-14,16-17,20,25-26,32,35,37,39,42H,5-6,8-12,15,18-19,21-24,27-31H2,1-4H3,(H,47,52);5,11-12,14-15,18,23-24,31,34,36,38,41,56H,3-4,6-10,13,16-17,19-22,25-30H2,1-2H3,(H,46,50)/b20-7+;18-5+/t32-,35-,37+,39+,42+,44-,45-;31-,34-,36+,38+,41+,43-,44-/m00/s1. The Bertz CT molecular complexity index is 4390. The van der Waals surface area contributed by atoms with Gasteiger partial charge in [0, 0.05) is 143 Å². The molecule has 624 valence electrons. The van der Waals surface area contributed by atoms with Gasteiger partial charge in [0.05, 0.1) is 41.0 Å². The van der Waals surface area contributed by atoms with Crippen molar-refractivity contribution in [3.63, 3.8) is 0 Å². The third kappa shape index (κ3) is 17.9. The second-order valence-corrected chi connectivity index (χ2v) is 41.2. The number of benzene rings is 4. The van der Waals surface area contributed by atoms with Gasteiger partial charge in [0.15, 0.2) is 0 Å². The van der Waals surface area contributed by atoms with Gasteiger partial charge in [-0.1, -0.05) is 86.3 Å². The van der Waals surface area contributed by atoms with Gasteiger partial charge in [0.1, 0.15) is 22.7 Å². The minimum absolute atomic E-state index is 0.190. The van der Waals surface area contributed by atoms with Crippen molar-refractivity contribution in [2.75, 3.05) is 162 Å². The maximum atomic E-state index is 14.2. The highest BCUT2D eigenvalue weighted by Crippen LogP contribution is 2.53. The highest BCUT2D eigenvalue weighted by Gasteiger charge is 2.54. The van der Waals surface area contributed by atoms with Crippen LogP contribution in [-0.2, 0) is 57.9 Å². The fourth-order valence-corrected chi connectivity index (χ4v) is 26.3. The molecule has 0 unspecified atom stereocenters. The number of aryl methyl sites for hydroxylation is 2. The molecule has 114 heavy (non-hydrogen) atoms. The smallest absolute Gasteiger partial charge is 0.264 e. The molecule has 0 radical (unpaired) electrons. The lowest BCUT2D eigenvalue weighted by atomic mass is 9.63. The van der Waals surface area contributed by atoms with Crippen LogP contribution in [0.4, 0.5) is 11.4 Å². The molecule has 4 aromatic carbocycles. The Hall–Kier alpha value is -4.99. The minimum Gasteiger partial charge on any atom is -0.490 e. The Kier molecular flexibility index (Phi) is 26.4. The summed E-state index contributed by atoms with van der Waals surface area (Å²) in [6.45, 7) is 19.1. The van der Waals surface area contributed by atoms with E-state index in [4.69, 9.17) is 46.9 Å². The first kappa shape index (κ1) is 84.0. The van der Waals surface area contributed by atoms with E-state index in [1.165, 1.54) is 73.9 Å². The molecule has 4 saturated heterocycles. The first-order valence-electron chi connectivity index (χ1n) is 42.9. The van der Waals surface area contributed by atoms with E-state index in [0.29, 0.717) is 86.4 Å². The van der Waals surface area contributed by atoms with Crippen molar-refractivity contribution in [2.24, 2.45) is 35.5 Å². The van der Waals surface area contributed by atoms with Gasteiger partial charge in [0.2, 0.25) is 20.0 Å². The number of piperidine rings is 2. The summed E-state index contributed by atoms with van der Waals surface area (Å²) in [7, 11) is -0.460. The van der Waals surface area contributed by atoms with E-state index in [2.05, 4.69) is 100 Å². The van der Waals surface area contributed by atoms with Gasteiger partial charge >= 0.3 is 0 Å². The molecule has 4 aromatic rings. The van der Waals surface area contributed by atoms with Crippen LogP contribution >= 0.6 is 35.8 Å². The lowest BCUT2D eigenvalue weighted by molar-refractivity contribution is -0.100. The molecule has 4 aliphatic carbocycles. The number of ether oxygens (including phenoxy) is 5. The number of amides is 2. The molecule has 2 saturated carbocycles. The number of anilines is 2. The average molecular weight is 1660 g/mol. The van der Waals surface area contributed by atoms with E-state index >= 15 is 0 Å². The molecule has 2 amide bonds. The third-order valence-electron chi connectivity index (χ3n) is 29.0. The number of nitrogens with one attached hydrogen (secondary N) is 2. The fourth-order valence-electron chi connectivity index (χ4n) is 22.5. The fraction of sp³-hybridized carbons (Fsp3) is 0.663. The van der Waals surface area contributed by atoms with E-state index in [-0.39, 0.29) is 53.5 Å². The van der Waals surface area contributed by atoms with Gasteiger partial charge in [-0.2, -0.15) is 12.6 Å². The van der Waals surface area contributed by atoms with Crippen LogP contribution in [0.2, 0.25) is 10.0 Å². The first-order valence-corrected chi connectivity index (χ1v) is 47.3. The van der Waals surface area contributed by atoms with Gasteiger partial charge < -0.3 is 38.4 Å². The van der Waals surface area contributed by atoms with Crippen molar-refractivity contribution in [1.29, 1.82) is 0 Å². The van der Waals surface area contributed by atoms with Crippen LogP contribution in [0.15, 0.2) is 97.1 Å². The summed E-state index contributed by atoms with van der Waals surface area (Å²) in [5.74, 6) is 1.07. The zero-order valence-corrected chi connectivity index (χ0v) is 72.3. The SMILES string of the molecule is CO[C@]1(CN2CCN3CCCC[C@@H]3C2)/C=C/C[C@H](C)[C@@H](CCN(C)C)S(=O)(=O)NC(=O)c2ccc3c(c2)N(C[C@@H]2CC[C@H]21)C[C@@]1(CCCc2cc(Cl)ccc21)CO3.CO[C@]1(CN2CCN3CCCC[C@@H]3C2)/C=C/C[C@H](C)[C@@H](CCOCS)S(=O)(=O)NC(=O)c2ccc3c(c2)N(C[C@@H]2CC[C@H]21)C[C@@]1(CCCc2cc(Cl)ccc21)CO3. The number of carbonyl (C=O) groups excluding carboxylic acids is 2. The average Bonchev–Trinajstić information content (AvgIpc) is 1.42. The lowest BCUT2D eigenvalue weighted by Gasteiger charge is -2.53. The number of sulfonamides is 2. The number of hydrogen-bond donors (Lipinski definition) is 3. The zero-order valence-electron chi connectivity index (χ0n) is 68.2. The van der Waals surface area contributed by atoms with Crippen LogP contribution in [0.1, 0.15) is 172 Å². The Morgan fingerprint density at radius 1 is 0.561 bits per heavy atom. The molecule has 0 aromatic heterocycles. The van der Waals surface area contributed by atoms with Gasteiger partial charge in [-0.3, -0.25) is 29.2 Å². The number of piperazine rings is 2. The zero-order chi connectivity index (χ0) is 79.7.